The highest BCUT2D eigenvalue weighted by Gasteiger charge is 2.26. The average molecular weight is 543 g/mol. The Balaban J connectivity index is 1.84. The fourth-order valence-corrected chi connectivity index (χ4v) is 4.84. The van der Waals surface area contributed by atoms with Crippen LogP contribution in [0.15, 0.2) is 65.7 Å². The summed E-state index contributed by atoms with van der Waals surface area (Å²) in [4.78, 5) is 23.1. The molecule has 1 amide bonds. The van der Waals surface area contributed by atoms with E-state index in [0.717, 1.165) is 23.8 Å². The maximum absolute atomic E-state index is 14.1. The zero-order valence-electron chi connectivity index (χ0n) is 20.2. The number of hydrogen-bond acceptors (Lipinski definition) is 7. The van der Waals surface area contributed by atoms with Crippen molar-refractivity contribution in [2.24, 2.45) is 0 Å². The van der Waals surface area contributed by atoms with Gasteiger partial charge in [0.2, 0.25) is 0 Å². The second-order valence-corrected chi connectivity index (χ2v) is 11.5. The Morgan fingerprint density at radius 3 is 2.49 bits per heavy atom. The van der Waals surface area contributed by atoms with Gasteiger partial charge in [-0.25, -0.2) is 17.8 Å². The van der Waals surface area contributed by atoms with E-state index in [0.29, 0.717) is 21.8 Å². The van der Waals surface area contributed by atoms with Crippen molar-refractivity contribution in [2.45, 2.75) is 30.9 Å². The molecular formula is C26H24ClFN4O4S. The van der Waals surface area contributed by atoms with E-state index in [9.17, 15) is 22.7 Å². The molecule has 0 saturated carbocycles. The number of anilines is 2. The van der Waals surface area contributed by atoms with Crippen LogP contribution in [-0.2, 0) is 22.0 Å². The SMILES string of the molecule is CC(C)(O)c1ccc(C(=O)N(Cc2ccc3cc(Cl)c(N)nc3c2)c2ccc(F)cc2S(C)(=O)=O)cn1. The number of nitrogen functional groups attached to an aromatic ring is 1. The molecule has 0 spiro atoms. The number of rotatable bonds is 6. The molecule has 2 heterocycles. The first kappa shape index (κ1) is 26.5. The molecule has 192 valence electrons. The van der Waals surface area contributed by atoms with E-state index in [-0.39, 0.29) is 28.5 Å². The lowest BCUT2D eigenvalue weighted by Crippen LogP contribution is -2.32. The Morgan fingerprint density at radius 1 is 1.14 bits per heavy atom. The van der Waals surface area contributed by atoms with E-state index in [1.165, 1.54) is 29.3 Å². The van der Waals surface area contributed by atoms with Gasteiger partial charge < -0.3 is 15.7 Å². The first-order chi connectivity index (χ1) is 17.2. The molecule has 0 bridgehead atoms. The van der Waals surface area contributed by atoms with Crippen molar-refractivity contribution >= 4 is 49.8 Å². The predicted molar refractivity (Wildman–Crippen MR) is 141 cm³/mol. The lowest BCUT2D eigenvalue weighted by Gasteiger charge is -2.25. The van der Waals surface area contributed by atoms with E-state index >= 15 is 0 Å². The molecule has 2 aromatic heterocycles. The van der Waals surface area contributed by atoms with Crippen molar-refractivity contribution in [1.82, 2.24) is 9.97 Å². The first-order valence-electron chi connectivity index (χ1n) is 11.1. The molecular weight excluding hydrogens is 519 g/mol. The van der Waals surface area contributed by atoms with Crippen molar-refractivity contribution in [1.29, 1.82) is 0 Å². The molecule has 11 heteroatoms. The molecule has 0 fully saturated rings. The summed E-state index contributed by atoms with van der Waals surface area (Å²) < 4.78 is 39.1. The molecule has 0 radical (unpaired) electrons. The standard InChI is InChI=1S/C26H24ClFN4O4S/c1-26(2,34)23-9-6-17(13-30-23)25(33)32(21-8-7-18(28)12-22(21)37(3,35)36)14-15-4-5-16-11-19(27)24(29)31-20(16)10-15/h4-13,34H,14H2,1-3H3,(H2,29,31). The Morgan fingerprint density at radius 2 is 1.86 bits per heavy atom. The summed E-state index contributed by atoms with van der Waals surface area (Å²) >= 11 is 6.06. The van der Waals surface area contributed by atoms with Gasteiger partial charge in [0.1, 0.15) is 17.2 Å². The zero-order chi connectivity index (χ0) is 27.1. The van der Waals surface area contributed by atoms with Crippen molar-refractivity contribution in [3.63, 3.8) is 0 Å². The first-order valence-corrected chi connectivity index (χ1v) is 13.4. The van der Waals surface area contributed by atoms with Gasteiger partial charge in [-0.1, -0.05) is 23.7 Å². The van der Waals surface area contributed by atoms with Crippen LogP contribution in [0.2, 0.25) is 5.02 Å². The van der Waals surface area contributed by atoms with Gasteiger partial charge in [0.15, 0.2) is 9.84 Å². The number of fused-ring (bicyclic) bond motifs is 1. The van der Waals surface area contributed by atoms with Crippen LogP contribution in [0.25, 0.3) is 10.9 Å². The van der Waals surface area contributed by atoms with Crippen molar-refractivity contribution in [3.8, 4) is 0 Å². The third-order valence-electron chi connectivity index (χ3n) is 5.70. The third kappa shape index (κ3) is 5.71. The number of carbonyl (C=O) groups is 1. The van der Waals surface area contributed by atoms with E-state index < -0.39 is 27.2 Å². The Labute approximate surface area is 218 Å². The van der Waals surface area contributed by atoms with E-state index in [1.807, 2.05) is 0 Å². The highest BCUT2D eigenvalue weighted by Crippen LogP contribution is 2.31. The maximum Gasteiger partial charge on any atom is 0.260 e. The molecule has 37 heavy (non-hydrogen) atoms. The van der Waals surface area contributed by atoms with Crippen LogP contribution in [0.4, 0.5) is 15.9 Å². The second kappa shape index (κ2) is 9.70. The number of pyridine rings is 2. The maximum atomic E-state index is 14.1. The summed E-state index contributed by atoms with van der Waals surface area (Å²) in [5.41, 5.74) is 6.27. The fourth-order valence-electron chi connectivity index (χ4n) is 3.80. The molecule has 3 N–H and O–H groups in total. The summed E-state index contributed by atoms with van der Waals surface area (Å²) in [5, 5.41) is 11.2. The minimum atomic E-state index is -3.91. The zero-order valence-corrected chi connectivity index (χ0v) is 21.8. The van der Waals surface area contributed by atoms with Crippen LogP contribution in [-0.4, -0.2) is 35.7 Å². The number of benzene rings is 2. The number of sulfone groups is 1. The highest BCUT2D eigenvalue weighted by molar-refractivity contribution is 7.90. The second-order valence-electron chi connectivity index (χ2n) is 9.15. The van der Waals surface area contributed by atoms with Crippen LogP contribution in [0, 0.1) is 5.82 Å². The van der Waals surface area contributed by atoms with Crippen molar-refractivity contribution in [2.75, 3.05) is 16.9 Å². The lowest BCUT2D eigenvalue weighted by atomic mass is 10.0. The largest absolute Gasteiger partial charge is 0.384 e. The van der Waals surface area contributed by atoms with Gasteiger partial charge in [-0.05, 0) is 61.9 Å². The number of halogens is 2. The summed E-state index contributed by atoms with van der Waals surface area (Å²) in [6, 6.07) is 13.1. The van der Waals surface area contributed by atoms with Gasteiger partial charge >= 0.3 is 0 Å². The summed E-state index contributed by atoms with van der Waals surface area (Å²) in [5.74, 6) is -1.18. The predicted octanol–water partition coefficient (Wildman–Crippen LogP) is 4.48. The molecule has 8 nitrogen and oxygen atoms in total. The molecule has 2 aromatic carbocycles. The molecule has 0 aliphatic rings. The average Bonchev–Trinajstić information content (AvgIpc) is 2.82. The number of nitrogens with zero attached hydrogens (tertiary/aromatic N) is 3. The molecule has 4 rings (SSSR count). The number of hydrogen-bond donors (Lipinski definition) is 2. The van der Waals surface area contributed by atoms with Gasteiger partial charge in [-0.2, -0.15) is 0 Å². The van der Waals surface area contributed by atoms with Gasteiger partial charge in [0.25, 0.3) is 5.91 Å². The van der Waals surface area contributed by atoms with Gasteiger partial charge in [0.05, 0.1) is 38.9 Å². The lowest BCUT2D eigenvalue weighted by molar-refractivity contribution is 0.0736. The van der Waals surface area contributed by atoms with E-state index in [2.05, 4.69) is 9.97 Å². The summed E-state index contributed by atoms with van der Waals surface area (Å²) in [6.07, 6.45) is 2.25. The molecule has 0 aliphatic heterocycles. The molecule has 0 aliphatic carbocycles. The van der Waals surface area contributed by atoms with Crippen LogP contribution in [0.5, 0.6) is 0 Å². The van der Waals surface area contributed by atoms with Crippen molar-refractivity contribution in [3.05, 3.63) is 88.5 Å². The van der Waals surface area contributed by atoms with E-state index in [4.69, 9.17) is 17.3 Å². The van der Waals surface area contributed by atoms with Crippen LogP contribution < -0.4 is 10.6 Å². The smallest absolute Gasteiger partial charge is 0.260 e. The molecule has 0 saturated heterocycles. The quantitative estimate of drug-likeness (QED) is 0.368. The molecule has 0 atom stereocenters. The minimum Gasteiger partial charge on any atom is -0.384 e. The summed E-state index contributed by atoms with van der Waals surface area (Å²) in [7, 11) is -3.91. The topological polar surface area (TPSA) is 126 Å². The minimum absolute atomic E-state index is 0.00383. The number of aliphatic hydroxyl groups is 1. The van der Waals surface area contributed by atoms with Crippen LogP contribution in [0.1, 0.15) is 35.5 Å². The summed E-state index contributed by atoms with van der Waals surface area (Å²) in [6.45, 7) is 3.06. The van der Waals surface area contributed by atoms with Gasteiger partial charge in [-0.3, -0.25) is 9.78 Å². The van der Waals surface area contributed by atoms with E-state index in [1.54, 1.807) is 38.1 Å². The monoisotopic (exact) mass is 542 g/mol. The molecule has 0 unspecified atom stereocenters. The Kier molecular flexibility index (Phi) is 6.93. The Hall–Kier alpha value is -3.60. The molecule has 4 aromatic rings. The van der Waals surface area contributed by atoms with Crippen LogP contribution >= 0.6 is 11.6 Å². The number of amides is 1. The third-order valence-corrected chi connectivity index (χ3v) is 7.13. The van der Waals surface area contributed by atoms with Gasteiger partial charge in [0, 0.05) is 17.8 Å². The Bertz CT molecular complexity index is 1620. The number of carbonyl (C=O) groups excluding carboxylic acids is 1. The highest BCUT2D eigenvalue weighted by atomic mass is 35.5. The fraction of sp³-hybridized carbons (Fsp3) is 0.192. The number of nitrogens with two attached hydrogens (primary N) is 1. The number of aromatic nitrogens is 2. The van der Waals surface area contributed by atoms with Crippen LogP contribution in [0.3, 0.4) is 0 Å². The van der Waals surface area contributed by atoms with Crippen molar-refractivity contribution < 1.29 is 22.7 Å². The van der Waals surface area contributed by atoms with Gasteiger partial charge in [-0.15, -0.1) is 0 Å². The normalized spacial score (nSPS) is 12.1.